The minimum atomic E-state index is -0.374. The maximum absolute atomic E-state index is 11.2. The summed E-state index contributed by atoms with van der Waals surface area (Å²) < 4.78 is 4.62. The van der Waals surface area contributed by atoms with Crippen molar-refractivity contribution in [2.75, 3.05) is 12.4 Å². The van der Waals surface area contributed by atoms with Crippen LogP contribution in [-0.2, 0) is 4.74 Å². The Kier molecular flexibility index (Phi) is 3.14. The number of ether oxygens (including phenoxy) is 1. The molecule has 0 spiro atoms. The van der Waals surface area contributed by atoms with Gasteiger partial charge in [0.2, 0.25) is 0 Å². The molecule has 1 saturated carbocycles. The summed E-state index contributed by atoms with van der Waals surface area (Å²) in [6.07, 6.45) is 4.86. The topological polar surface area (TPSA) is 51.2 Å². The largest absolute Gasteiger partial charge is 0.464 e. The molecule has 88 valence electrons. The Bertz CT molecular complexity index is 383. The summed E-state index contributed by atoms with van der Waals surface area (Å²) in [5.41, 5.74) is 0.530. The number of nitrogens with one attached hydrogen (secondary N) is 1. The molecule has 1 aliphatic rings. The number of hydrogen-bond donors (Lipinski definition) is 1. The van der Waals surface area contributed by atoms with Gasteiger partial charge in [-0.05, 0) is 19.8 Å². The van der Waals surface area contributed by atoms with Crippen LogP contribution in [0.5, 0.6) is 0 Å². The first-order chi connectivity index (χ1) is 7.63. The highest BCUT2D eigenvalue weighted by Crippen LogP contribution is 2.33. The van der Waals surface area contributed by atoms with Crippen LogP contribution in [0.15, 0.2) is 5.38 Å². The van der Waals surface area contributed by atoms with E-state index in [0.29, 0.717) is 5.69 Å². The highest BCUT2D eigenvalue weighted by atomic mass is 32.1. The van der Waals surface area contributed by atoms with Gasteiger partial charge in [-0.15, -0.1) is 11.3 Å². The Morgan fingerprint density at radius 1 is 1.56 bits per heavy atom. The smallest absolute Gasteiger partial charge is 0.357 e. The van der Waals surface area contributed by atoms with Crippen LogP contribution in [0.3, 0.4) is 0 Å². The molecule has 16 heavy (non-hydrogen) atoms. The molecule has 1 heterocycles. The van der Waals surface area contributed by atoms with Gasteiger partial charge >= 0.3 is 5.97 Å². The van der Waals surface area contributed by atoms with E-state index in [0.717, 1.165) is 5.13 Å². The molecular formula is C11H16N2O2S. The van der Waals surface area contributed by atoms with Crippen molar-refractivity contribution in [1.29, 1.82) is 0 Å². The van der Waals surface area contributed by atoms with Crippen molar-refractivity contribution >= 4 is 22.4 Å². The maximum atomic E-state index is 11.2. The molecule has 0 radical (unpaired) electrons. The molecule has 0 aromatic carbocycles. The summed E-state index contributed by atoms with van der Waals surface area (Å²) in [4.78, 5) is 15.5. The van der Waals surface area contributed by atoms with Gasteiger partial charge in [-0.25, -0.2) is 9.78 Å². The van der Waals surface area contributed by atoms with Gasteiger partial charge in [0.25, 0.3) is 0 Å². The molecule has 0 amide bonds. The number of hydrogen-bond acceptors (Lipinski definition) is 5. The number of methoxy groups -OCH3 is 1. The lowest BCUT2D eigenvalue weighted by atomic mass is 10.0. The standard InChI is InChI=1S/C11H16N2O2S/c1-11(5-3-4-6-11)13-10-12-8(7-16-10)9(14)15-2/h7H,3-6H2,1-2H3,(H,12,13). The summed E-state index contributed by atoms with van der Waals surface area (Å²) in [6, 6.07) is 0. The Labute approximate surface area is 99.0 Å². The lowest BCUT2D eigenvalue weighted by Crippen LogP contribution is -2.30. The van der Waals surface area contributed by atoms with Crippen molar-refractivity contribution in [3.8, 4) is 0 Å². The Balaban J connectivity index is 2.05. The third-order valence-corrected chi connectivity index (χ3v) is 3.77. The van der Waals surface area contributed by atoms with E-state index < -0.39 is 0 Å². The highest BCUT2D eigenvalue weighted by molar-refractivity contribution is 7.13. The van der Waals surface area contributed by atoms with Crippen molar-refractivity contribution < 1.29 is 9.53 Å². The van der Waals surface area contributed by atoms with Crippen LogP contribution in [0.4, 0.5) is 5.13 Å². The number of anilines is 1. The van der Waals surface area contributed by atoms with E-state index in [1.807, 2.05) is 0 Å². The Morgan fingerprint density at radius 3 is 2.88 bits per heavy atom. The number of esters is 1. The summed E-state index contributed by atoms with van der Waals surface area (Å²) in [6.45, 7) is 2.21. The molecule has 0 aliphatic heterocycles. The van der Waals surface area contributed by atoms with Gasteiger partial charge < -0.3 is 10.1 Å². The minimum absolute atomic E-state index is 0.144. The van der Waals surface area contributed by atoms with Crippen molar-refractivity contribution in [1.82, 2.24) is 4.98 Å². The fourth-order valence-corrected chi connectivity index (χ4v) is 2.90. The number of nitrogens with zero attached hydrogens (tertiary/aromatic N) is 1. The third kappa shape index (κ3) is 2.35. The zero-order valence-electron chi connectivity index (χ0n) is 9.58. The molecule has 1 aromatic heterocycles. The van der Waals surface area contributed by atoms with Crippen LogP contribution in [0.1, 0.15) is 43.1 Å². The zero-order valence-corrected chi connectivity index (χ0v) is 10.4. The SMILES string of the molecule is COC(=O)c1csc(NC2(C)CCCC2)n1. The van der Waals surface area contributed by atoms with Gasteiger partial charge in [0.15, 0.2) is 10.8 Å². The van der Waals surface area contributed by atoms with Gasteiger partial charge in [-0.1, -0.05) is 12.8 Å². The van der Waals surface area contributed by atoms with E-state index >= 15 is 0 Å². The van der Waals surface area contributed by atoms with Crippen LogP contribution in [0.25, 0.3) is 0 Å². The van der Waals surface area contributed by atoms with Crippen molar-refractivity contribution in [3.63, 3.8) is 0 Å². The lowest BCUT2D eigenvalue weighted by Gasteiger charge is -2.24. The van der Waals surface area contributed by atoms with Crippen molar-refractivity contribution in [3.05, 3.63) is 11.1 Å². The summed E-state index contributed by atoms with van der Waals surface area (Å²) in [7, 11) is 1.37. The minimum Gasteiger partial charge on any atom is -0.464 e. The Hall–Kier alpha value is -1.10. The monoisotopic (exact) mass is 240 g/mol. The first-order valence-corrected chi connectivity index (χ1v) is 6.33. The van der Waals surface area contributed by atoms with E-state index in [9.17, 15) is 4.79 Å². The number of carbonyl (C=O) groups excluding carboxylic acids is 1. The predicted molar refractivity (Wildman–Crippen MR) is 63.9 cm³/mol. The first-order valence-electron chi connectivity index (χ1n) is 5.45. The highest BCUT2D eigenvalue weighted by Gasteiger charge is 2.29. The Morgan fingerprint density at radius 2 is 2.25 bits per heavy atom. The van der Waals surface area contributed by atoms with E-state index in [1.165, 1.54) is 44.1 Å². The second kappa shape index (κ2) is 4.41. The van der Waals surface area contributed by atoms with Crippen molar-refractivity contribution in [2.45, 2.75) is 38.1 Å². The first kappa shape index (κ1) is 11.4. The third-order valence-electron chi connectivity index (χ3n) is 3.01. The van der Waals surface area contributed by atoms with Gasteiger partial charge in [0.1, 0.15) is 0 Å². The van der Waals surface area contributed by atoms with Crippen LogP contribution >= 0.6 is 11.3 Å². The quantitative estimate of drug-likeness (QED) is 0.825. The van der Waals surface area contributed by atoms with Gasteiger partial charge in [0.05, 0.1) is 7.11 Å². The average Bonchev–Trinajstić information content (AvgIpc) is 2.87. The van der Waals surface area contributed by atoms with Gasteiger partial charge in [-0.2, -0.15) is 0 Å². The summed E-state index contributed by atoms with van der Waals surface area (Å²) >= 11 is 1.46. The van der Waals surface area contributed by atoms with Crippen LogP contribution in [-0.4, -0.2) is 23.6 Å². The van der Waals surface area contributed by atoms with E-state index in [2.05, 4.69) is 22.0 Å². The molecule has 2 rings (SSSR count). The van der Waals surface area contributed by atoms with Crippen LogP contribution < -0.4 is 5.32 Å². The van der Waals surface area contributed by atoms with Crippen LogP contribution in [0.2, 0.25) is 0 Å². The second-order valence-electron chi connectivity index (χ2n) is 4.42. The normalized spacial score (nSPS) is 18.4. The average molecular weight is 240 g/mol. The maximum Gasteiger partial charge on any atom is 0.357 e. The van der Waals surface area contributed by atoms with Gasteiger partial charge in [0, 0.05) is 10.9 Å². The lowest BCUT2D eigenvalue weighted by molar-refractivity contribution is 0.0595. The molecule has 1 fully saturated rings. The molecule has 0 atom stereocenters. The number of carbonyl (C=O) groups is 1. The fourth-order valence-electron chi connectivity index (χ4n) is 2.07. The van der Waals surface area contributed by atoms with E-state index in [4.69, 9.17) is 0 Å². The molecule has 4 nitrogen and oxygen atoms in total. The molecule has 1 N–H and O–H groups in total. The van der Waals surface area contributed by atoms with Crippen LogP contribution in [0, 0.1) is 0 Å². The molecule has 0 unspecified atom stereocenters. The molecular weight excluding hydrogens is 224 g/mol. The predicted octanol–water partition coefficient (Wildman–Crippen LogP) is 2.67. The molecule has 0 bridgehead atoms. The second-order valence-corrected chi connectivity index (χ2v) is 5.28. The zero-order chi connectivity index (χ0) is 11.6. The van der Waals surface area contributed by atoms with Crippen molar-refractivity contribution in [2.24, 2.45) is 0 Å². The number of aromatic nitrogens is 1. The molecule has 1 aromatic rings. The summed E-state index contributed by atoms with van der Waals surface area (Å²) in [5.74, 6) is -0.374. The summed E-state index contributed by atoms with van der Waals surface area (Å²) in [5, 5.41) is 5.95. The number of thiazole rings is 1. The van der Waals surface area contributed by atoms with Gasteiger partial charge in [-0.3, -0.25) is 0 Å². The molecule has 1 aliphatic carbocycles. The van der Waals surface area contributed by atoms with E-state index in [-0.39, 0.29) is 11.5 Å². The van der Waals surface area contributed by atoms with E-state index in [1.54, 1.807) is 5.38 Å². The number of rotatable bonds is 3. The molecule has 5 heteroatoms. The molecule has 0 saturated heterocycles. The fraction of sp³-hybridized carbons (Fsp3) is 0.636.